The molecule has 0 bridgehead atoms. The summed E-state index contributed by atoms with van der Waals surface area (Å²) in [5.41, 5.74) is 0.467. The van der Waals surface area contributed by atoms with E-state index in [4.69, 9.17) is 0 Å². The van der Waals surface area contributed by atoms with E-state index in [1.54, 1.807) is 13.0 Å². The van der Waals surface area contributed by atoms with Crippen LogP contribution in [0.4, 0.5) is 10.5 Å². The Labute approximate surface area is 125 Å². The van der Waals surface area contributed by atoms with E-state index < -0.39 is 17.5 Å². The van der Waals surface area contributed by atoms with Crippen molar-refractivity contribution in [1.29, 1.82) is 0 Å². The first-order valence-corrected chi connectivity index (χ1v) is 7.21. The minimum atomic E-state index is -1.21. The van der Waals surface area contributed by atoms with Gasteiger partial charge in [-0.3, -0.25) is 0 Å². The molecule has 3 N–H and O–H groups in total. The number of aryl methyl sites for hydroxylation is 1. The first-order valence-electron chi connectivity index (χ1n) is 6.41. The number of carboxylic acids is 1. The van der Waals surface area contributed by atoms with Crippen molar-refractivity contribution in [2.75, 3.05) is 5.32 Å². The van der Waals surface area contributed by atoms with Crippen LogP contribution in [0.2, 0.25) is 0 Å². The number of carbonyl (C=O) groups is 2. The van der Waals surface area contributed by atoms with Crippen molar-refractivity contribution in [2.45, 2.75) is 32.2 Å². The molecule has 1 fully saturated rings. The molecule has 1 aromatic rings. The second kappa shape index (κ2) is 5.44. The van der Waals surface area contributed by atoms with E-state index in [0.29, 0.717) is 5.69 Å². The summed E-state index contributed by atoms with van der Waals surface area (Å²) < 4.78 is 0.760. The van der Waals surface area contributed by atoms with Crippen molar-refractivity contribution < 1.29 is 14.7 Å². The fourth-order valence-corrected chi connectivity index (χ4v) is 2.69. The highest BCUT2D eigenvalue weighted by atomic mass is 79.9. The van der Waals surface area contributed by atoms with Crippen molar-refractivity contribution in [3.63, 3.8) is 0 Å². The molecular weight excluding hydrogens is 324 g/mol. The van der Waals surface area contributed by atoms with Gasteiger partial charge in [-0.25, -0.2) is 9.59 Å². The summed E-state index contributed by atoms with van der Waals surface area (Å²) in [4.78, 5) is 23.3. The zero-order chi connectivity index (χ0) is 14.9. The number of amides is 2. The molecule has 2 rings (SSSR count). The van der Waals surface area contributed by atoms with Gasteiger partial charge in [-0.15, -0.1) is 0 Å². The van der Waals surface area contributed by atoms with Gasteiger partial charge in [0.05, 0.1) is 5.69 Å². The average Bonchev–Trinajstić information content (AvgIpc) is 3.16. The van der Waals surface area contributed by atoms with Crippen molar-refractivity contribution >= 4 is 33.6 Å². The van der Waals surface area contributed by atoms with E-state index in [2.05, 4.69) is 26.6 Å². The van der Waals surface area contributed by atoms with Gasteiger partial charge in [-0.1, -0.05) is 6.07 Å². The van der Waals surface area contributed by atoms with Crippen LogP contribution in [0.1, 0.15) is 25.3 Å². The highest BCUT2D eigenvalue weighted by molar-refractivity contribution is 9.10. The minimum Gasteiger partial charge on any atom is -0.480 e. The molecule has 5 nitrogen and oxygen atoms in total. The molecule has 0 aromatic heterocycles. The molecule has 20 heavy (non-hydrogen) atoms. The predicted molar refractivity (Wildman–Crippen MR) is 79.8 cm³/mol. The fraction of sp³-hybridized carbons (Fsp3) is 0.429. The summed E-state index contributed by atoms with van der Waals surface area (Å²) >= 11 is 3.37. The molecule has 0 aliphatic heterocycles. The van der Waals surface area contributed by atoms with E-state index in [1.165, 1.54) is 0 Å². The van der Waals surface area contributed by atoms with Gasteiger partial charge < -0.3 is 15.7 Å². The molecule has 2 amide bonds. The number of aliphatic carboxylic acids is 1. The van der Waals surface area contributed by atoms with Gasteiger partial charge >= 0.3 is 12.0 Å². The van der Waals surface area contributed by atoms with Gasteiger partial charge in [-0.2, -0.15) is 0 Å². The molecule has 0 radical (unpaired) electrons. The number of anilines is 1. The number of urea groups is 1. The number of benzene rings is 1. The van der Waals surface area contributed by atoms with Crippen LogP contribution in [-0.4, -0.2) is 22.6 Å². The third-order valence-electron chi connectivity index (χ3n) is 3.58. The number of hydrogen-bond donors (Lipinski definition) is 3. The largest absolute Gasteiger partial charge is 0.480 e. The number of hydrogen-bond acceptors (Lipinski definition) is 2. The number of halogens is 1. The van der Waals surface area contributed by atoms with E-state index in [0.717, 1.165) is 22.9 Å². The normalized spacial score (nSPS) is 17.1. The maximum Gasteiger partial charge on any atom is 0.329 e. The standard InChI is InChI=1S/C14H17BrN2O3/c1-8-3-6-11(10(15)7-8)16-13(20)17-14(2,12(18)19)9-4-5-9/h3,6-7,9H,4-5H2,1-2H3,(H,18,19)(H2,16,17,20). The van der Waals surface area contributed by atoms with Gasteiger partial charge in [0.1, 0.15) is 5.54 Å². The van der Waals surface area contributed by atoms with Gasteiger partial charge in [0.2, 0.25) is 0 Å². The van der Waals surface area contributed by atoms with E-state index >= 15 is 0 Å². The first-order chi connectivity index (χ1) is 9.33. The van der Waals surface area contributed by atoms with Gasteiger partial charge in [0, 0.05) is 4.47 Å². The smallest absolute Gasteiger partial charge is 0.329 e. The molecule has 0 spiro atoms. The van der Waals surface area contributed by atoms with Crippen LogP contribution in [0.5, 0.6) is 0 Å². The Kier molecular flexibility index (Phi) is 4.04. The average molecular weight is 341 g/mol. The molecule has 108 valence electrons. The quantitative estimate of drug-likeness (QED) is 0.787. The van der Waals surface area contributed by atoms with Crippen molar-refractivity contribution in [3.8, 4) is 0 Å². The first kappa shape index (κ1) is 14.8. The van der Waals surface area contributed by atoms with Crippen LogP contribution >= 0.6 is 15.9 Å². The number of carbonyl (C=O) groups excluding carboxylic acids is 1. The van der Waals surface area contributed by atoms with E-state index in [-0.39, 0.29) is 5.92 Å². The van der Waals surface area contributed by atoms with Crippen LogP contribution in [0.25, 0.3) is 0 Å². The lowest BCUT2D eigenvalue weighted by molar-refractivity contribution is -0.144. The third-order valence-corrected chi connectivity index (χ3v) is 4.24. The molecule has 1 unspecified atom stereocenters. The molecule has 6 heteroatoms. The van der Waals surface area contributed by atoms with Gasteiger partial charge in [0.25, 0.3) is 0 Å². The zero-order valence-corrected chi connectivity index (χ0v) is 13.0. The second-order valence-electron chi connectivity index (χ2n) is 5.34. The summed E-state index contributed by atoms with van der Waals surface area (Å²) in [6, 6.07) is 5.02. The summed E-state index contributed by atoms with van der Waals surface area (Å²) in [6.45, 7) is 3.50. The Morgan fingerprint density at radius 2 is 2.05 bits per heavy atom. The third kappa shape index (κ3) is 3.12. The highest BCUT2D eigenvalue weighted by Gasteiger charge is 2.48. The Hall–Kier alpha value is -1.56. The Morgan fingerprint density at radius 3 is 2.55 bits per heavy atom. The second-order valence-corrected chi connectivity index (χ2v) is 6.20. The van der Waals surface area contributed by atoms with Crippen molar-refractivity contribution in [3.05, 3.63) is 28.2 Å². The van der Waals surface area contributed by atoms with Crippen molar-refractivity contribution in [2.24, 2.45) is 5.92 Å². The summed E-state index contributed by atoms with van der Waals surface area (Å²) in [7, 11) is 0. The molecule has 0 heterocycles. The minimum absolute atomic E-state index is 0.00667. The Balaban J connectivity index is 2.06. The van der Waals surface area contributed by atoms with E-state index in [1.807, 2.05) is 19.1 Å². The molecule has 1 aliphatic rings. The monoisotopic (exact) mass is 340 g/mol. The highest BCUT2D eigenvalue weighted by Crippen LogP contribution is 2.39. The molecule has 1 saturated carbocycles. The number of nitrogens with one attached hydrogen (secondary N) is 2. The van der Waals surface area contributed by atoms with Gasteiger partial charge in [-0.05, 0) is 66.2 Å². The molecule has 1 aromatic carbocycles. The maximum absolute atomic E-state index is 12.0. The topological polar surface area (TPSA) is 78.4 Å². The molecule has 0 saturated heterocycles. The van der Waals surface area contributed by atoms with E-state index in [9.17, 15) is 14.7 Å². The number of carboxylic acid groups (broad SMARTS) is 1. The lowest BCUT2D eigenvalue weighted by atomic mass is 9.96. The lowest BCUT2D eigenvalue weighted by Gasteiger charge is -2.26. The SMILES string of the molecule is Cc1ccc(NC(=O)NC(C)(C(=O)O)C2CC2)c(Br)c1. The van der Waals surface area contributed by atoms with Crippen LogP contribution in [0.15, 0.2) is 22.7 Å². The fourth-order valence-electron chi connectivity index (χ4n) is 2.10. The zero-order valence-electron chi connectivity index (χ0n) is 11.4. The molecule has 1 atom stereocenters. The maximum atomic E-state index is 12.0. The van der Waals surface area contributed by atoms with Crippen LogP contribution in [0.3, 0.4) is 0 Å². The summed E-state index contributed by atoms with van der Waals surface area (Å²) in [5.74, 6) is -0.995. The van der Waals surface area contributed by atoms with Crippen LogP contribution < -0.4 is 10.6 Å². The summed E-state index contributed by atoms with van der Waals surface area (Å²) in [5, 5.41) is 14.5. The molecular formula is C14H17BrN2O3. The molecule has 1 aliphatic carbocycles. The lowest BCUT2D eigenvalue weighted by Crippen LogP contribution is -2.55. The Morgan fingerprint density at radius 1 is 1.40 bits per heavy atom. The van der Waals surface area contributed by atoms with Crippen LogP contribution in [-0.2, 0) is 4.79 Å². The number of rotatable bonds is 4. The predicted octanol–water partition coefficient (Wildman–Crippen LogP) is 3.13. The summed E-state index contributed by atoms with van der Waals surface area (Å²) in [6.07, 6.45) is 1.66. The van der Waals surface area contributed by atoms with Crippen molar-refractivity contribution in [1.82, 2.24) is 5.32 Å². The Bertz CT molecular complexity index is 557. The van der Waals surface area contributed by atoms with Crippen LogP contribution in [0, 0.1) is 12.8 Å². The van der Waals surface area contributed by atoms with Gasteiger partial charge in [0.15, 0.2) is 0 Å².